The van der Waals surface area contributed by atoms with E-state index in [2.05, 4.69) is 11.2 Å². The monoisotopic (exact) mass is 467 g/mol. The van der Waals surface area contributed by atoms with E-state index in [9.17, 15) is 13.2 Å². The highest BCUT2D eigenvalue weighted by molar-refractivity contribution is 7.91. The normalized spacial score (nSPS) is 17.6. The van der Waals surface area contributed by atoms with Crippen LogP contribution >= 0.6 is 0 Å². The minimum absolute atomic E-state index is 0.0222. The van der Waals surface area contributed by atoms with Crippen molar-refractivity contribution in [2.45, 2.75) is 45.8 Å². The SMILES string of the molecule is Cc1nn([C@@H]2CCS(=O)(=O)C2)c(C)c1CN(C)CC(=O)c1cn(CCC#N)c2ccccc12. The summed E-state index contributed by atoms with van der Waals surface area (Å²) < 4.78 is 27.6. The maximum atomic E-state index is 13.2. The van der Waals surface area contributed by atoms with Crippen molar-refractivity contribution in [1.29, 1.82) is 5.26 Å². The molecule has 0 spiro atoms. The lowest BCUT2D eigenvalue weighted by molar-refractivity contribution is 0.0944. The Kier molecular flexibility index (Phi) is 6.41. The van der Waals surface area contributed by atoms with Gasteiger partial charge in [0.05, 0.1) is 42.3 Å². The smallest absolute Gasteiger partial charge is 0.178 e. The molecule has 0 aliphatic carbocycles. The molecule has 9 heteroatoms. The minimum atomic E-state index is -2.99. The van der Waals surface area contributed by atoms with Crippen molar-refractivity contribution in [3.63, 3.8) is 0 Å². The average Bonchev–Trinajstić information content (AvgIpc) is 3.41. The predicted molar refractivity (Wildman–Crippen MR) is 127 cm³/mol. The Bertz CT molecular complexity index is 1350. The van der Waals surface area contributed by atoms with Crippen molar-refractivity contribution in [1.82, 2.24) is 19.2 Å². The third-order valence-corrected chi connectivity index (χ3v) is 8.17. The van der Waals surface area contributed by atoms with Gasteiger partial charge in [-0.05, 0) is 33.4 Å². The first-order chi connectivity index (χ1) is 15.7. The number of aromatic nitrogens is 3. The molecule has 1 aliphatic heterocycles. The van der Waals surface area contributed by atoms with Crippen LogP contribution in [0.3, 0.4) is 0 Å². The highest BCUT2D eigenvalue weighted by atomic mass is 32.2. The number of Topliss-reactive ketones (excluding diaryl/α,β-unsaturated/α-hetero) is 1. The van der Waals surface area contributed by atoms with Crippen LogP contribution in [0.15, 0.2) is 30.5 Å². The molecule has 1 aromatic carbocycles. The van der Waals surface area contributed by atoms with Crippen molar-refractivity contribution < 1.29 is 13.2 Å². The summed E-state index contributed by atoms with van der Waals surface area (Å²) in [6.07, 6.45) is 2.83. The summed E-state index contributed by atoms with van der Waals surface area (Å²) in [4.78, 5) is 15.2. The summed E-state index contributed by atoms with van der Waals surface area (Å²) >= 11 is 0. The zero-order valence-corrected chi connectivity index (χ0v) is 20.1. The van der Waals surface area contributed by atoms with E-state index in [1.807, 2.05) is 65.5 Å². The van der Waals surface area contributed by atoms with Crippen molar-refractivity contribution in [2.24, 2.45) is 0 Å². The van der Waals surface area contributed by atoms with Crippen molar-refractivity contribution in [2.75, 3.05) is 25.1 Å². The second kappa shape index (κ2) is 9.12. The summed E-state index contributed by atoms with van der Waals surface area (Å²) in [7, 11) is -1.09. The van der Waals surface area contributed by atoms with Crippen molar-refractivity contribution in [3.8, 4) is 6.07 Å². The molecule has 1 saturated heterocycles. The Morgan fingerprint density at radius 2 is 2.06 bits per heavy atom. The number of ketones is 1. The van der Waals surface area contributed by atoms with E-state index in [4.69, 9.17) is 5.26 Å². The first-order valence-corrected chi connectivity index (χ1v) is 12.9. The molecule has 4 rings (SSSR count). The average molecular weight is 468 g/mol. The number of nitrogens with zero attached hydrogens (tertiary/aromatic N) is 5. The molecular formula is C24H29N5O3S. The minimum Gasteiger partial charge on any atom is -0.346 e. The van der Waals surface area contributed by atoms with Gasteiger partial charge in [-0.1, -0.05) is 18.2 Å². The summed E-state index contributed by atoms with van der Waals surface area (Å²) in [5.74, 6) is 0.370. The molecular weight excluding hydrogens is 438 g/mol. The highest BCUT2D eigenvalue weighted by Gasteiger charge is 2.31. The molecule has 8 nitrogen and oxygen atoms in total. The number of aryl methyl sites for hydroxylation is 2. The molecule has 3 heterocycles. The molecule has 1 aliphatic rings. The Morgan fingerprint density at radius 3 is 2.76 bits per heavy atom. The fraction of sp³-hybridized carbons (Fsp3) is 0.458. The van der Waals surface area contributed by atoms with Gasteiger partial charge in [0.2, 0.25) is 0 Å². The van der Waals surface area contributed by atoms with E-state index < -0.39 is 9.84 Å². The standard InChI is InChI=1S/C24H29N5O3S/c1-17-21(18(2)29(26-17)19-9-12-33(31,32)16-19)13-27(3)15-24(30)22-14-28(11-6-10-25)23-8-5-4-7-20(22)23/h4-5,7-8,14,19H,6,9,11-13,15-16H2,1-3H3/t19-/m1/s1. The number of hydrogen-bond acceptors (Lipinski definition) is 6. The van der Waals surface area contributed by atoms with Gasteiger partial charge in [-0.2, -0.15) is 10.4 Å². The molecule has 0 N–H and O–H groups in total. The van der Waals surface area contributed by atoms with Crippen LogP contribution in [0.2, 0.25) is 0 Å². The number of fused-ring (bicyclic) bond motifs is 1. The second-order valence-electron chi connectivity index (χ2n) is 8.91. The topological polar surface area (TPSA) is 101 Å². The number of nitriles is 1. The number of sulfone groups is 1. The number of carbonyl (C=O) groups is 1. The van der Waals surface area contributed by atoms with Crippen LogP contribution < -0.4 is 0 Å². The van der Waals surface area contributed by atoms with E-state index in [0.717, 1.165) is 27.9 Å². The van der Waals surface area contributed by atoms with Crippen LogP contribution in [0.4, 0.5) is 0 Å². The van der Waals surface area contributed by atoms with Gasteiger partial charge >= 0.3 is 0 Å². The fourth-order valence-electron chi connectivity index (χ4n) is 4.73. The first-order valence-electron chi connectivity index (χ1n) is 11.1. The number of carbonyl (C=O) groups excluding carboxylic acids is 1. The van der Waals surface area contributed by atoms with Gasteiger partial charge in [0.15, 0.2) is 15.6 Å². The first kappa shape index (κ1) is 23.2. The zero-order chi connectivity index (χ0) is 23.8. The number of rotatable bonds is 8. The molecule has 0 amide bonds. The Morgan fingerprint density at radius 1 is 1.30 bits per heavy atom. The molecule has 3 aromatic rings. The summed E-state index contributed by atoms with van der Waals surface area (Å²) in [5, 5.41) is 14.5. The maximum Gasteiger partial charge on any atom is 0.178 e. The fourth-order valence-corrected chi connectivity index (χ4v) is 6.42. The number of benzene rings is 1. The Hall–Kier alpha value is -2.96. The Labute approximate surface area is 194 Å². The van der Waals surface area contributed by atoms with Gasteiger partial charge in [-0.25, -0.2) is 8.42 Å². The van der Waals surface area contributed by atoms with E-state index in [1.54, 1.807) is 0 Å². The molecule has 1 fully saturated rings. The van der Waals surface area contributed by atoms with Crippen LogP contribution in [0.25, 0.3) is 10.9 Å². The van der Waals surface area contributed by atoms with E-state index in [-0.39, 0.29) is 29.9 Å². The molecule has 0 radical (unpaired) electrons. The number of para-hydroxylation sites is 1. The molecule has 1 atom stereocenters. The van der Waals surface area contributed by atoms with Gasteiger partial charge < -0.3 is 4.57 Å². The number of hydrogen-bond donors (Lipinski definition) is 0. The van der Waals surface area contributed by atoms with Crippen LogP contribution in [0, 0.1) is 25.2 Å². The molecule has 2 aromatic heterocycles. The predicted octanol–water partition coefficient (Wildman–Crippen LogP) is 3.04. The van der Waals surface area contributed by atoms with Crippen molar-refractivity contribution >= 4 is 26.5 Å². The summed E-state index contributed by atoms with van der Waals surface area (Å²) in [6.45, 7) is 5.25. The third-order valence-electron chi connectivity index (χ3n) is 6.42. The highest BCUT2D eigenvalue weighted by Crippen LogP contribution is 2.27. The van der Waals surface area contributed by atoms with E-state index in [1.165, 1.54) is 0 Å². The maximum absolute atomic E-state index is 13.2. The van der Waals surface area contributed by atoms with Gasteiger partial charge in [-0.15, -0.1) is 0 Å². The number of likely N-dealkylation sites (N-methyl/N-ethyl adjacent to an activating group) is 1. The lowest BCUT2D eigenvalue weighted by Crippen LogP contribution is -2.26. The quantitative estimate of drug-likeness (QED) is 0.472. The molecule has 0 bridgehead atoms. The lowest BCUT2D eigenvalue weighted by Gasteiger charge is -2.17. The lowest BCUT2D eigenvalue weighted by atomic mass is 10.1. The summed E-state index contributed by atoms with van der Waals surface area (Å²) in [5.41, 5.74) is 4.48. The van der Waals surface area contributed by atoms with Crippen LogP contribution in [0.5, 0.6) is 0 Å². The van der Waals surface area contributed by atoms with E-state index >= 15 is 0 Å². The van der Waals surface area contributed by atoms with Crippen LogP contribution in [-0.2, 0) is 22.9 Å². The molecule has 0 unspecified atom stereocenters. The van der Waals surface area contributed by atoms with Crippen LogP contribution in [0.1, 0.15) is 46.2 Å². The molecule has 174 valence electrons. The van der Waals surface area contributed by atoms with Crippen LogP contribution in [-0.4, -0.2) is 58.5 Å². The second-order valence-corrected chi connectivity index (χ2v) is 11.1. The van der Waals surface area contributed by atoms with Gasteiger partial charge in [0.1, 0.15) is 0 Å². The zero-order valence-electron chi connectivity index (χ0n) is 19.3. The third kappa shape index (κ3) is 4.72. The van der Waals surface area contributed by atoms with Gasteiger partial charge in [0.25, 0.3) is 0 Å². The summed E-state index contributed by atoms with van der Waals surface area (Å²) in [6, 6.07) is 9.81. The van der Waals surface area contributed by atoms with E-state index in [0.29, 0.717) is 31.5 Å². The largest absolute Gasteiger partial charge is 0.346 e. The van der Waals surface area contributed by atoms with Gasteiger partial charge in [0, 0.05) is 47.0 Å². The van der Waals surface area contributed by atoms with Crippen molar-refractivity contribution in [3.05, 3.63) is 53.0 Å². The Balaban J connectivity index is 1.50. The molecule has 33 heavy (non-hydrogen) atoms. The van der Waals surface area contributed by atoms with Gasteiger partial charge in [-0.3, -0.25) is 14.4 Å². The molecule has 0 saturated carbocycles.